The van der Waals surface area contributed by atoms with Crippen LogP contribution >= 0.6 is 12.6 Å². The number of carboxylic acid groups (broad SMARTS) is 1. The maximum atomic E-state index is 13.3. The molecule has 0 saturated carbocycles. The summed E-state index contributed by atoms with van der Waals surface area (Å²) < 4.78 is 28.0. The number of benzene rings is 1. The Kier molecular flexibility index (Phi) is 4.08. The van der Waals surface area contributed by atoms with Crippen LogP contribution in [0.5, 0.6) is 0 Å². The van der Waals surface area contributed by atoms with Crippen molar-refractivity contribution in [2.45, 2.75) is 24.5 Å². The van der Waals surface area contributed by atoms with E-state index in [-0.39, 0.29) is 10.9 Å². The molecule has 0 bridgehead atoms. The van der Waals surface area contributed by atoms with Gasteiger partial charge >= 0.3 is 5.97 Å². The lowest BCUT2D eigenvalue weighted by Gasteiger charge is -2.20. The molecule has 20 heavy (non-hydrogen) atoms. The molecule has 2 aromatic rings. The van der Waals surface area contributed by atoms with Crippen molar-refractivity contribution in [1.29, 1.82) is 0 Å². The first-order valence-electron chi connectivity index (χ1n) is 5.89. The highest BCUT2D eigenvalue weighted by Gasteiger charge is 2.22. The van der Waals surface area contributed by atoms with E-state index in [1.807, 2.05) is 0 Å². The number of thiol groups is 1. The third-order valence-corrected chi connectivity index (χ3v) is 3.30. The third-order valence-electron chi connectivity index (χ3n) is 2.96. The van der Waals surface area contributed by atoms with Gasteiger partial charge in [-0.2, -0.15) is 0 Å². The molecule has 1 aromatic heterocycles. The minimum Gasteiger partial charge on any atom is -0.477 e. The lowest BCUT2D eigenvalue weighted by Crippen LogP contribution is -2.16. The predicted octanol–water partition coefficient (Wildman–Crippen LogP) is 3.15. The van der Waals surface area contributed by atoms with Gasteiger partial charge in [-0.1, -0.05) is 6.92 Å². The van der Waals surface area contributed by atoms with Crippen LogP contribution in [0.25, 0.3) is 0 Å². The number of aromatic carboxylic acids is 1. The molecule has 1 atom stereocenters. The molecule has 1 unspecified atom stereocenters. The first-order valence-corrected chi connectivity index (χ1v) is 6.34. The van der Waals surface area contributed by atoms with Crippen molar-refractivity contribution in [3.05, 3.63) is 47.3 Å². The maximum absolute atomic E-state index is 13.3. The Labute approximate surface area is 119 Å². The van der Waals surface area contributed by atoms with Crippen LogP contribution in [-0.2, 0) is 0 Å². The fourth-order valence-electron chi connectivity index (χ4n) is 2.15. The van der Waals surface area contributed by atoms with Gasteiger partial charge in [-0.25, -0.2) is 18.6 Å². The fraction of sp³-hybridized carbons (Fsp3) is 0.231. The van der Waals surface area contributed by atoms with E-state index < -0.39 is 23.6 Å². The molecule has 106 valence electrons. The van der Waals surface area contributed by atoms with Gasteiger partial charge in [-0.15, -0.1) is 12.6 Å². The highest BCUT2D eigenvalue weighted by atomic mass is 32.1. The van der Waals surface area contributed by atoms with E-state index in [0.29, 0.717) is 12.0 Å². The zero-order valence-electron chi connectivity index (χ0n) is 10.5. The number of aromatic nitrogens is 2. The molecule has 0 saturated heterocycles. The van der Waals surface area contributed by atoms with E-state index in [1.165, 1.54) is 22.9 Å². The Bertz CT molecular complexity index is 638. The topological polar surface area (TPSA) is 55.1 Å². The highest BCUT2D eigenvalue weighted by Crippen LogP contribution is 2.28. The van der Waals surface area contributed by atoms with Crippen LogP contribution in [0.2, 0.25) is 0 Å². The summed E-state index contributed by atoms with van der Waals surface area (Å²) in [6.45, 7) is 1.78. The summed E-state index contributed by atoms with van der Waals surface area (Å²) in [5.41, 5.74) is 0.257. The van der Waals surface area contributed by atoms with E-state index in [4.69, 9.17) is 5.11 Å². The van der Waals surface area contributed by atoms with Crippen molar-refractivity contribution in [2.75, 3.05) is 0 Å². The van der Waals surface area contributed by atoms with Gasteiger partial charge < -0.3 is 9.67 Å². The monoisotopic (exact) mass is 298 g/mol. The molecule has 1 N–H and O–H groups in total. The van der Waals surface area contributed by atoms with Gasteiger partial charge in [0.1, 0.15) is 17.3 Å². The predicted molar refractivity (Wildman–Crippen MR) is 71.2 cm³/mol. The van der Waals surface area contributed by atoms with Crippen LogP contribution in [0.15, 0.2) is 29.6 Å². The summed E-state index contributed by atoms with van der Waals surface area (Å²) in [7, 11) is 0. The summed E-state index contributed by atoms with van der Waals surface area (Å²) in [5.74, 6) is -2.60. The molecule has 0 aliphatic rings. The van der Waals surface area contributed by atoms with Crippen LogP contribution < -0.4 is 0 Å². The number of halogens is 2. The summed E-state index contributed by atoms with van der Waals surface area (Å²) in [4.78, 5) is 15.0. The average molecular weight is 298 g/mol. The Morgan fingerprint density at radius 2 is 2.00 bits per heavy atom. The van der Waals surface area contributed by atoms with Gasteiger partial charge in [0.25, 0.3) is 0 Å². The fourth-order valence-corrected chi connectivity index (χ4v) is 2.46. The van der Waals surface area contributed by atoms with Gasteiger partial charge in [0.2, 0.25) is 0 Å². The van der Waals surface area contributed by atoms with E-state index in [9.17, 15) is 13.6 Å². The average Bonchev–Trinajstić information content (AvgIpc) is 2.72. The van der Waals surface area contributed by atoms with Crippen LogP contribution in [0, 0.1) is 11.6 Å². The van der Waals surface area contributed by atoms with Crippen molar-refractivity contribution in [3.8, 4) is 0 Å². The first kappa shape index (κ1) is 14.5. The summed E-state index contributed by atoms with van der Waals surface area (Å²) in [6, 6.07) is 2.57. The van der Waals surface area contributed by atoms with Crippen LogP contribution in [0.1, 0.15) is 35.4 Å². The van der Waals surface area contributed by atoms with E-state index in [0.717, 1.165) is 6.07 Å². The standard InChI is InChI=1S/C13H12F2N2O2S/c1-2-10(7-3-8(14)5-9(15)4-7)17-11(12(18)19)6-16-13(17)20/h3-6,10H,2H2,1H3,(H,16,20)(H,18,19). The zero-order valence-corrected chi connectivity index (χ0v) is 11.4. The van der Waals surface area contributed by atoms with Crippen LogP contribution in [-0.4, -0.2) is 20.6 Å². The summed E-state index contributed by atoms with van der Waals surface area (Å²) >= 11 is 4.11. The minimum atomic E-state index is -1.17. The summed E-state index contributed by atoms with van der Waals surface area (Å²) in [5, 5.41) is 9.32. The number of carboxylic acids is 1. The molecule has 0 radical (unpaired) electrons. The Morgan fingerprint density at radius 1 is 1.40 bits per heavy atom. The van der Waals surface area contributed by atoms with Gasteiger partial charge in [0.05, 0.1) is 12.2 Å². The molecule has 4 nitrogen and oxygen atoms in total. The van der Waals surface area contributed by atoms with Crippen molar-refractivity contribution in [1.82, 2.24) is 9.55 Å². The minimum absolute atomic E-state index is 0.0773. The van der Waals surface area contributed by atoms with Gasteiger partial charge in [0, 0.05) is 6.07 Å². The van der Waals surface area contributed by atoms with Crippen molar-refractivity contribution in [3.63, 3.8) is 0 Å². The second-order valence-corrected chi connectivity index (χ2v) is 4.65. The molecule has 0 aliphatic heterocycles. The normalized spacial score (nSPS) is 12.4. The van der Waals surface area contributed by atoms with E-state index in [2.05, 4.69) is 17.6 Å². The number of rotatable bonds is 4. The van der Waals surface area contributed by atoms with Gasteiger partial charge in [-0.05, 0) is 24.1 Å². The number of hydrogen-bond donors (Lipinski definition) is 2. The van der Waals surface area contributed by atoms with Gasteiger partial charge in [-0.3, -0.25) is 0 Å². The number of carbonyl (C=O) groups is 1. The molecule has 0 aliphatic carbocycles. The molecule has 0 amide bonds. The van der Waals surface area contributed by atoms with Crippen molar-refractivity contribution in [2.24, 2.45) is 0 Å². The van der Waals surface area contributed by atoms with E-state index >= 15 is 0 Å². The zero-order chi connectivity index (χ0) is 14.9. The second-order valence-electron chi connectivity index (χ2n) is 4.25. The first-order chi connectivity index (χ1) is 9.43. The molecule has 2 rings (SSSR count). The van der Waals surface area contributed by atoms with E-state index in [1.54, 1.807) is 6.92 Å². The summed E-state index contributed by atoms with van der Waals surface area (Å²) in [6.07, 6.45) is 1.61. The lowest BCUT2D eigenvalue weighted by atomic mass is 10.0. The second kappa shape index (κ2) is 5.62. The smallest absolute Gasteiger partial charge is 0.354 e. The largest absolute Gasteiger partial charge is 0.477 e. The molecule has 1 heterocycles. The number of nitrogens with zero attached hydrogens (tertiary/aromatic N) is 2. The highest BCUT2D eigenvalue weighted by molar-refractivity contribution is 7.80. The molecular formula is C13H12F2N2O2S. The van der Waals surface area contributed by atoms with Crippen LogP contribution in [0.4, 0.5) is 8.78 Å². The van der Waals surface area contributed by atoms with Crippen molar-refractivity contribution >= 4 is 18.6 Å². The SMILES string of the molecule is CCC(c1cc(F)cc(F)c1)n1c(C(=O)O)cnc1S. The van der Waals surface area contributed by atoms with Crippen molar-refractivity contribution < 1.29 is 18.7 Å². The molecule has 7 heteroatoms. The Morgan fingerprint density at radius 3 is 2.50 bits per heavy atom. The molecular weight excluding hydrogens is 286 g/mol. The maximum Gasteiger partial charge on any atom is 0.354 e. The van der Waals surface area contributed by atoms with Gasteiger partial charge in [0.15, 0.2) is 5.16 Å². The molecule has 0 fully saturated rings. The third kappa shape index (κ3) is 2.67. The lowest BCUT2D eigenvalue weighted by molar-refractivity contribution is 0.0682. The molecule has 1 aromatic carbocycles. The Hall–Kier alpha value is -1.89. The Balaban J connectivity index is 2.58. The number of imidazole rings is 1. The number of hydrogen-bond acceptors (Lipinski definition) is 3. The molecule has 0 spiro atoms. The van der Waals surface area contributed by atoms with Crippen LogP contribution in [0.3, 0.4) is 0 Å². The quantitative estimate of drug-likeness (QED) is 0.853.